The van der Waals surface area contributed by atoms with Crippen LogP contribution in [0.25, 0.3) is 0 Å². The first-order valence-electron chi connectivity index (χ1n) is 50.9. The van der Waals surface area contributed by atoms with E-state index in [1.807, 2.05) is 6.92 Å². The molecule has 32 N–H and O–H groups in total. The maximum atomic E-state index is 14.3. The number of carbonyl (C=O) groups excluding carboxylic acids is 8. The number of aliphatic hydroxyl groups is 26. The minimum atomic E-state index is -2.00. The van der Waals surface area contributed by atoms with Gasteiger partial charge in [0.15, 0.2) is 44.0 Å². The van der Waals surface area contributed by atoms with Gasteiger partial charge in [-0.05, 0) is 77.0 Å². The molecule has 7 heterocycles. The van der Waals surface area contributed by atoms with Crippen LogP contribution in [0.2, 0.25) is 0 Å². The maximum absolute atomic E-state index is 14.3. The minimum Gasteiger partial charge on any atom is -0.394 e. The molecule has 7 rings (SSSR count). The lowest BCUT2D eigenvalue weighted by Crippen LogP contribution is -2.65. The van der Waals surface area contributed by atoms with Gasteiger partial charge in [0.05, 0.1) is 98.9 Å². The highest BCUT2D eigenvalue weighted by Gasteiger charge is 2.54. The van der Waals surface area contributed by atoms with E-state index in [-0.39, 0.29) is 174 Å². The van der Waals surface area contributed by atoms with E-state index in [2.05, 4.69) is 31.9 Å². The molecule has 0 unspecified atom stereocenters. The summed E-state index contributed by atoms with van der Waals surface area (Å²) in [4.78, 5) is 115. The number of nitrogens with zero attached hydrogens (tertiary/aromatic N) is 3. The third-order valence-corrected chi connectivity index (χ3v) is 26.2. The number of nitrogens with one attached hydrogen (secondary N) is 6. The van der Waals surface area contributed by atoms with Crippen molar-refractivity contribution in [2.24, 2.45) is 0 Å². The normalized spacial score (nSPS) is 33.7. The largest absolute Gasteiger partial charge is 0.394 e. The molecule has 7 aliphatic rings. The second-order valence-electron chi connectivity index (χ2n) is 37.7. The standard InChI is InChI=1S/C91H163N9O48/c1-2-3-4-11-25-93-58(109)38-98(39-59(110)94-26-12-5-8-19-56(107)95-28-37-139-90-82(133)83(148-91-81(132)75(126)68(119)54(46-106)146-91)69(120)55(147-90)47-140-89-80(131)74(125)67(118)53(45-105)145-89)40-60(111)97-48(84(134)96-27-14-7-10-21-62(113)100(31-17-35-137-87-78(129)72(123)65(116)51(43-103)143-87)32-18-36-138-88-79(130)73(124)66(117)52(44-104)144-88)22-23-57(108)92-24-13-6-9-20-61(112)99(29-15-33-135-85-76(127)70(121)63(114)49(41-101)141-85)30-16-34-136-86-77(128)71(122)64(115)50(42-102)142-86/h48-55,63-83,85-91,101-106,114-133H,2-47H2,1H3,(H,92,108)(H,93,109)(H,94,110)(H,95,107)(H,96,134)(H,97,111)/t48-,49+,50+,51+,52+,53+,54+,55+,63+,64+,65+,66+,67+,68+,69+,70-,71-,72-,73-,74-,75-,76-,77-,78-,79-,80-,81-,82-,83-,85-,86-,87-,88-,89-,90+,91+/m0/s1. The fourth-order valence-corrected chi connectivity index (χ4v) is 17.3. The zero-order chi connectivity index (χ0) is 109. The Labute approximate surface area is 855 Å². The smallest absolute Gasteiger partial charge is 0.242 e. The quantitative estimate of drug-likeness (QED) is 0.0251. The Morgan fingerprint density at radius 2 is 0.561 bits per heavy atom. The second kappa shape index (κ2) is 68.5. The van der Waals surface area contributed by atoms with Gasteiger partial charge in [-0.25, -0.2) is 0 Å². The van der Waals surface area contributed by atoms with Gasteiger partial charge in [0.1, 0.15) is 177 Å². The van der Waals surface area contributed by atoms with E-state index in [0.717, 1.165) is 19.3 Å². The van der Waals surface area contributed by atoms with Crippen molar-refractivity contribution in [3.8, 4) is 0 Å². The molecule has 0 aromatic carbocycles. The van der Waals surface area contributed by atoms with Crippen LogP contribution in [-0.2, 0) is 105 Å². The third kappa shape index (κ3) is 41.0. The van der Waals surface area contributed by atoms with Crippen molar-refractivity contribution in [2.75, 3.05) is 158 Å². The van der Waals surface area contributed by atoms with Crippen LogP contribution in [-0.4, -0.2) is 574 Å². The van der Waals surface area contributed by atoms with E-state index >= 15 is 0 Å². The predicted octanol–water partition coefficient (Wildman–Crippen LogP) is -15.7. The molecule has 57 nitrogen and oxygen atoms in total. The summed E-state index contributed by atoms with van der Waals surface area (Å²) in [5.74, 6) is -4.44. The van der Waals surface area contributed by atoms with Crippen molar-refractivity contribution < 1.29 is 237 Å². The van der Waals surface area contributed by atoms with Crippen LogP contribution in [0.3, 0.4) is 0 Å². The maximum Gasteiger partial charge on any atom is 0.242 e. The van der Waals surface area contributed by atoms with Crippen molar-refractivity contribution in [3.05, 3.63) is 0 Å². The summed E-state index contributed by atoms with van der Waals surface area (Å²) in [5.41, 5.74) is 0. The molecule has 0 aliphatic carbocycles. The molecule has 0 radical (unpaired) electrons. The van der Waals surface area contributed by atoms with Gasteiger partial charge < -0.3 is 241 Å². The molecule has 36 atom stereocenters. The van der Waals surface area contributed by atoms with Gasteiger partial charge in [-0.3, -0.25) is 43.3 Å². The number of carbonyl (C=O) groups is 8. The first-order valence-corrected chi connectivity index (χ1v) is 50.9. The highest BCUT2D eigenvalue weighted by molar-refractivity contribution is 5.90. The second-order valence-corrected chi connectivity index (χ2v) is 37.7. The first-order chi connectivity index (χ1) is 70.8. The summed E-state index contributed by atoms with van der Waals surface area (Å²) in [7, 11) is 0. The predicted molar refractivity (Wildman–Crippen MR) is 498 cm³/mol. The molecular weight excluding hydrogens is 1990 g/mol. The Bertz CT molecular complexity index is 3670. The average molecular weight is 2150 g/mol. The first kappa shape index (κ1) is 129. The monoisotopic (exact) mass is 2150 g/mol. The number of ether oxygens (including phenoxy) is 14. The molecule has 0 saturated carbocycles. The van der Waals surface area contributed by atoms with E-state index in [4.69, 9.17) is 66.3 Å². The van der Waals surface area contributed by atoms with Gasteiger partial charge in [0.25, 0.3) is 0 Å². The van der Waals surface area contributed by atoms with Gasteiger partial charge >= 0.3 is 0 Å². The molecule has 0 spiro atoms. The molecule has 7 fully saturated rings. The number of hydrogen-bond acceptors (Lipinski definition) is 49. The molecule has 57 heteroatoms. The van der Waals surface area contributed by atoms with Crippen LogP contribution in [0.5, 0.6) is 0 Å². The summed E-state index contributed by atoms with van der Waals surface area (Å²) >= 11 is 0. The molecule has 0 aromatic rings. The number of aliphatic hydroxyl groups excluding tert-OH is 26. The highest BCUT2D eigenvalue weighted by atomic mass is 16.8. The van der Waals surface area contributed by atoms with E-state index in [1.165, 1.54) is 14.7 Å². The van der Waals surface area contributed by atoms with Crippen LogP contribution in [0, 0.1) is 0 Å². The SMILES string of the molecule is CCCCCCNC(=O)CN(CC(=O)NCCCCCC(=O)NCCO[C@@H]1O[C@H](CO[C@H]2O[C@H](CO)[C@@H](O)[C@H](O)[C@@H]2O)[C@@H](O)[C@H](O[C@H]2O[C@H](CO)[C@@H](O)[C@H](O)[C@@H]2O)[C@@H]1O)CC(=O)N[C@@H](CCC(=O)NCCCCCC(=O)N(CCCO[C@H]1O[C@H](CO)[C@@H](O)[C@H](O)[C@@H]1O)CCCO[C@H]1O[C@H](CO)[C@@H](O)[C@H](O)[C@@H]1O)C(=O)NCCCCCC(=O)N(CCCO[C@H]1O[C@H](CO)[C@@H](O)[C@H](O)[C@@H]1O)CCCO[C@H]1O[C@H](CO)[C@@H](O)[C@H](O)[C@@H]1O. The van der Waals surface area contributed by atoms with E-state index < -0.39 is 322 Å². The number of rotatable bonds is 69. The lowest BCUT2D eigenvalue weighted by molar-refractivity contribution is -0.366. The average Bonchev–Trinajstić information content (AvgIpc) is 0.772. The summed E-state index contributed by atoms with van der Waals surface area (Å²) < 4.78 is 78.1. The molecule has 0 bridgehead atoms. The molecule has 7 saturated heterocycles. The van der Waals surface area contributed by atoms with Gasteiger partial charge in [-0.1, -0.05) is 45.4 Å². The Balaban J connectivity index is 0.945. The third-order valence-electron chi connectivity index (χ3n) is 26.2. The van der Waals surface area contributed by atoms with Crippen molar-refractivity contribution in [2.45, 2.75) is 369 Å². The zero-order valence-corrected chi connectivity index (χ0v) is 83.3. The Morgan fingerprint density at radius 3 is 0.926 bits per heavy atom. The van der Waals surface area contributed by atoms with Crippen molar-refractivity contribution in [1.29, 1.82) is 0 Å². The lowest BCUT2D eigenvalue weighted by Gasteiger charge is -2.46. The highest BCUT2D eigenvalue weighted by Crippen LogP contribution is 2.34. The summed E-state index contributed by atoms with van der Waals surface area (Å²) in [6.45, 7) is -5.32. The summed E-state index contributed by atoms with van der Waals surface area (Å²) in [6.07, 6.45) is -51.6. The number of unbranched alkanes of at least 4 members (excludes halogenated alkanes) is 9. The van der Waals surface area contributed by atoms with Crippen LogP contribution in [0.15, 0.2) is 0 Å². The topological polar surface area (TPSA) is 874 Å². The molecule has 860 valence electrons. The van der Waals surface area contributed by atoms with Crippen LogP contribution < -0.4 is 31.9 Å². The van der Waals surface area contributed by atoms with Crippen LogP contribution in [0.4, 0.5) is 0 Å². The summed E-state index contributed by atoms with van der Waals surface area (Å²) in [5, 5.41) is 284. The molecule has 0 aromatic heterocycles. The number of hydrogen-bond donors (Lipinski definition) is 32. The molecule has 148 heavy (non-hydrogen) atoms. The Hall–Kier alpha value is -5.88. The molecule has 7 aliphatic heterocycles. The molecule has 8 amide bonds. The van der Waals surface area contributed by atoms with Gasteiger partial charge in [-0.15, -0.1) is 0 Å². The van der Waals surface area contributed by atoms with Crippen molar-refractivity contribution in [1.82, 2.24) is 46.6 Å². The van der Waals surface area contributed by atoms with Crippen LogP contribution in [0.1, 0.15) is 148 Å². The lowest BCUT2D eigenvalue weighted by atomic mass is 9.96. The van der Waals surface area contributed by atoms with Gasteiger partial charge in [-0.2, -0.15) is 0 Å². The fourth-order valence-electron chi connectivity index (χ4n) is 17.3. The molecular formula is C91H163N9O48. The van der Waals surface area contributed by atoms with E-state index in [1.54, 1.807) is 0 Å². The van der Waals surface area contributed by atoms with Crippen molar-refractivity contribution >= 4 is 47.3 Å². The Morgan fingerprint density at radius 1 is 0.270 bits per heavy atom. The van der Waals surface area contributed by atoms with E-state index in [0.29, 0.717) is 51.4 Å². The van der Waals surface area contributed by atoms with Gasteiger partial charge in [0.2, 0.25) is 47.3 Å². The summed E-state index contributed by atoms with van der Waals surface area (Å²) in [6, 6.07) is -1.42. The Kier molecular flexibility index (Phi) is 59.7. The minimum absolute atomic E-state index is 0.000411. The van der Waals surface area contributed by atoms with E-state index in [9.17, 15) is 171 Å². The van der Waals surface area contributed by atoms with Crippen LogP contribution >= 0.6 is 0 Å². The van der Waals surface area contributed by atoms with Gasteiger partial charge in [0, 0.05) is 84.6 Å². The number of amides is 8. The fraction of sp³-hybridized carbons (Fsp3) is 0.912. The van der Waals surface area contributed by atoms with Crippen molar-refractivity contribution in [3.63, 3.8) is 0 Å². The zero-order valence-electron chi connectivity index (χ0n) is 83.3.